The Hall–Kier alpha value is -0.520. The van der Waals surface area contributed by atoms with Gasteiger partial charge in [0.25, 0.3) is 0 Å². The average Bonchev–Trinajstić information content (AvgIpc) is 2.46. The molecule has 0 aromatic rings. The van der Waals surface area contributed by atoms with Crippen molar-refractivity contribution in [2.24, 2.45) is 5.41 Å². The van der Waals surface area contributed by atoms with E-state index in [4.69, 9.17) is 30.6 Å². The summed E-state index contributed by atoms with van der Waals surface area (Å²) in [7, 11) is 2.79. The summed E-state index contributed by atoms with van der Waals surface area (Å²) in [5.74, 6) is -0.582. The van der Waals surface area contributed by atoms with Crippen molar-refractivity contribution in [1.82, 2.24) is 0 Å². The first kappa shape index (κ1) is 22.8. The smallest absolute Gasteiger partial charge is 0.304 e. The molecule has 0 saturated heterocycles. The second-order valence-electron chi connectivity index (χ2n) is 4.06. The summed E-state index contributed by atoms with van der Waals surface area (Å²) in [6, 6.07) is 0. The average molecular weight is 346 g/mol. The fourth-order valence-electron chi connectivity index (χ4n) is 0.676. The van der Waals surface area contributed by atoms with Gasteiger partial charge in [-0.05, 0) is 0 Å². The number of hydrogen-bond acceptors (Lipinski definition) is 8. The van der Waals surface area contributed by atoms with Gasteiger partial charge >= 0.3 is 11.9 Å². The molecule has 0 heterocycles. The molecule has 0 bridgehead atoms. The molecule has 0 spiro atoms. The van der Waals surface area contributed by atoms with Crippen LogP contribution < -0.4 is 0 Å². The van der Waals surface area contributed by atoms with Gasteiger partial charge in [-0.2, -0.15) is 0 Å². The molecular weight excluding hydrogens is 324 g/mol. The highest BCUT2D eigenvalue weighted by molar-refractivity contribution is 8.76. The number of carboxylic acids is 2. The summed E-state index contributed by atoms with van der Waals surface area (Å²) in [5, 5.41) is 50.5. The molecule has 0 atom stereocenters. The van der Waals surface area contributed by atoms with E-state index in [0.29, 0.717) is 11.5 Å². The number of aliphatic hydroxyl groups is 4. The van der Waals surface area contributed by atoms with Gasteiger partial charge in [0.15, 0.2) is 0 Å². The topological polar surface area (TPSA) is 156 Å². The van der Waals surface area contributed by atoms with Crippen molar-refractivity contribution in [2.75, 3.05) is 37.9 Å². The van der Waals surface area contributed by atoms with Crippen LogP contribution in [0.2, 0.25) is 0 Å². The molecule has 0 amide bonds. The summed E-state index contributed by atoms with van der Waals surface area (Å²) in [6.07, 6.45) is 0.259. The normalized spacial score (nSPS) is 10.7. The van der Waals surface area contributed by atoms with Gasteiger partial charge in [0.05, 0.1) is 44.7 Å². The van der Waals surface area contributed by atoms with Crippen molar-refractivity contribution in [3.63, 3.8) is 0 Å². The van der Waals surface area contributed by atoms with Crippen molar-refractivity contribution in [3.8, 4) is 0 Å². The van der Waals surface area contributed by atoms with Crippen molar-refractivity contribution in [1.29, 1.82) is 0 Å². The highest BCUT2D eigenvalue weighted by Gasteiger charge is 2.26. The lowest BCUT2D eigenvalue weighted by atomic mass is 9.93. The molecule has 0 fully saturated rings. The van der Waals surface area contributed by atoms with E-state index in [2.05, 4.69) is 0 Å². The number of carboxylic acid groups (broad SMARTS) is 2. The monoisotopic (exact) mass is 346 g/mol. The Labute approximate surface area is 130 Å². The van der Waals surface area contributed by atoms with E-state index in [9.17, 15) is 9.59 Å². The molecule has 0 unspecified atom stereocenters. The maximum Gasteiger partial charge on any atom is 0.304 e. The van der Waals surface area contributed by atoms with Gasteiger partial charge in [0.2, 0.25) is 0 Å². The van der Waals surface area contributed by atoms with Crippen molar-refractivity contribution >= 4 is 33.5 Å². The summed E-state index contributed by atoms with van der Waals surface area (Å²) in [6.45, 7) is -1.62. The van der Waals surface area contributed by atoms with Crippen molar-refractivity contribution in [2.45, 2.75) is 12.8 Å². The third-order valence-electron chi connectivity index (χ3n) is 2.22. The van der Waals surface area contributed by atoms with Crippen LogP contribution in [0.25, 0.3) is 0 Å². The first-order chi connectivity index (χ1) is 9.87. The minimum atomic E-state index is -1.11. The van der Waals surface area contributed by atoms with Gasteiger partial charge in [-0.15, -0.1) is 0 Å². The largest absolute Gasteiger partial charge is 0.481 e. The summed E-state index contributed by atoms with van der Waals surface area (Å²) >= 11 is 0. The molecule has 0 saturated carbocycles. The first-order valence-corrected chi connectivity index (χ1v) is 8.47. The van der Waals surface area contributed by atoms with Crippen LogP contribution in [0.1, 0.15) is 12.8 Å². The van der Waals surface area contributed by atoms with E-state index in [-0.39, 0.29) is 12.8 Å². The van der Waals surface area contributed by atoms with Gasteiger partial charge < -0.3 is 30.6 Å². The van der Waals surface area contributed by atoms with Crippen LogP contribution in [0.3, 0.4) is 0 Å². The molecule has 0 radical (unpaired) electrons. The van der Waals surface area contributed by atoms with Crippen LogP contribution in [-0.4, -0.2) is 80.5 Å². The number of aliphatic carboxylic acids is 2. The summed E-state index contributed by atoms with van der Waals surface area (Å²) < 4.78 is 0. The molecular formula is C11H22O8S2. The predicted octanol–water partition coefficient (Wildman–Crippen LogP) is -0.741. The quantitative estimate of drug-likeness (QED) is 0.208. The highest BCUT2D eigenvalue weighted by Crippen LogP contribution is 2.22. The zero-order valence-corrected chi connectivity index (χ0v) is 13.1. The predicted molar refractivity (Wildman–Crippen MR) is 80.2 cm³/mol. The van der Waals surface area contributed by atoms with E-state index in [1.54, 1.807) is 0 Å². The van der Waals surface area contributed by atoms with Crippen LogP contribution >= 0.6 is 21.6 Å². The lowest BCUT2D eigenvalue weighted by Gasteiger charge is -2.23. The minimum Gasteiger partial charge on any atom is -0.481 e. The Balaban J connectivity index is 0. The minimum absolute atomic E-state index is 0.130. The second-order valence-corrected chi connectivity index (χ2v) is 6.77. The maximum absolute atomic E-state index is 10.0. The third kappa shape index (κ3) is 14.2. The standard InChI is InChI=1S/C6H10O4S2.C5H12O4/c7-5(8)1-3-11-12-4-2-6(9)10;6-1-5(2-7,3-8)4-9/h1-4H2,(H,7,8)(H,9,10);6-9H,1-4H2. The molecule has 0 aliphatic rings. The molecule has 8 nitrogen and oxygen atoms in total. The Morgan fingerprint density at radius 2 is 1.00 bits per heavy atom. The lowest BCUT2D eigenvalue weighted by molar-refractivity contribution is -0.137. The van der Waals surface area contributed by atoms with E-state index in [0.717, 1.165) is 0 Å². The highest BCUT2D eigenvalue weighted by atomic mass is 33.1. The second kappa shape index (κ2) is 14.4. The zero-order valence-electron chi connectivity index (χ0n) is 11.5. The molecule has 0 aliphatic heterocycles. The molecule has 6 N–H and O–H groups in total. The number of hydrogen-bond donors (Lipinski definition) is 6. The molecule has 0 rings (SSSR count). The Morgan fingerprint density at radius 1 is 0.714 bits per heavy atom. The van der Waals surface area contributed by atoms with Crippen molar-refractivity contribution < 1.29 is 40.2 Å². The van der Waals surface area contributed by atoms with E-state index < -0.39 is 43.8 Å². The zero-order chi connectivity index (χ0) is 16.7. The summed E-state index contributed by atoms with van der Waals surface area (Å²) in [5.41, 5.74) is -1.11. The molecule has 10 heteroatoms. The first-order valence-electron chi connectivity index (χ1n) is 5.99. The lowest BCUT2D eigenvalue weighted by Crippen LogP contribution is -2.37. The van der Waals surface area contributed by atoms with Gasteiger partial charge in [0.1, 0.15) is 0 Å². The Kier molecular flexibility index (Phi) is 15.6. The third-order valence-corrected chi connectivity index (χ3v) is 4.63. The number of rotatable bonds is 11. The summed E-state index contributed by atoms with van der Waals surface area (Å²) in [4.78, 5) is 20.0. The number of aliphatic hydroxyl groups excluding tert-OH is 4. The van der Waals surface area contributed by atoms with Gasteiger partial charge in [0, 0.05) is 11.5 Å². The van der Waals surface area contributed by atoms with Gasteiger partial charge in [-0.25, -0.2) is 0 Å². The van der Waals surface area contributed by atoms with E-state index in [1.807, 2.05) is 0 Å². The fourth-order valence-corrected chi connectivity index (χ4v) is 2.63. The van der Waals surface area contributed by atoms with Crippen LogP contribution in [-0.2, 0) is 9.59 Å². The van der Waals surface area contributed by atoms with Crippen LogP contribution in [0.15, 0.2) is 0 Å². The molecule has 0 aliphatic carbocycles. The SMILES string of the molecule is O=C(O)CCSSCCC(=O)O.OCC(CO)(CO)CO. The molecule has 0 aromatic heterocycles. The molecule has 21 heavy (non-hydrogen) atoms. The maximum atomic E-state index is 10.0. The van der Waals surface area contributed by atoms with Crippen LogP contribution in [0.4, 0.5) is 0 Å². The molecule has 126 valence electrons. The van der Waals surface area contributed by atoms with Crippen molar-refractivity contribution in [3.05, 3.63) is 0 Å². The number of carbonyl (C=O) groups is 2. The molecule has 0 aromatic carbocycles. The van der Waals surface area contributed by atoms with E-state index >= 15 is 0 Å². The fraction of sp³-hybridized carbons (Fsp3) is 0.818. The van der Waals surface area contributed by atoms with Gasteiger partial charge in [-0.3, -0.25) is 9.59 Å². The van der Waals surface area contributed by atoms with E-state index in [1.165, 1.54) is 21.6 Å². The van der Waals surface area contributed by atoms with Crippen LogP contribution in [0.5, 0.6) is 0 Å². The Morgan fingerprint density at radius 3 is 1.14 bits per heavy atom. The van der Waals surface area contributed by atoms with Gasteiger partial charge in [-0.1, -0.05) is 21.6 Å². The Bertz CT molecular complexity index is 248. The van der Waals surface area contributed by atoms with Crippen LogP contribution in [0, 0.1) is 5.41 Å².